The van der Waals surface area contributed by atoms with Crippen LogP contribution in [0.4, 0.5) is 0 Å². The zero-order valence-corrected chi connectivity index (χ0v) is 15.1. The van der Waals surface area contributed by atoms with Crippen LogP contribution < -0.4 is 10.1 Å². The Kier molecular flexibility index (Phi) is 5.68. The summed E-state index contributed by atoms with van der Waals surface area (Å²) >= 11 is 2.36. The molecule has 0 atom stereocenters. The minimum absolute atomic E-state index is 0.102. The zero-order chi connectivity index (χ0) is 14.7. The van der Waals surface area contributed by atoms with Gasteiger partial charge in [-0.3, -0.25) is 0 Å². The fraction of sp³-hybridized carbons (Fsp3) is 0.625. The van der Waals surface area contributed by atoms with Crippen LogP contribution in [0.1, 0.15) is 46.6 Å². The molecule has 108 valence electrons. The SMILES string of the molecule is COc1ccc(I)cc1C(C)(C)CCNC(C)(C)C. The number of halogens is 1. The second kappa shape index (κ2) is 6.44. The lowest BCUT2D eigenvalue weighted by atomic mass is 9.81. The van der Waals surface area contributed by atoms with Crippen molar-refractivity contribution in [1.82, 2.24) is 5.32 Å². The fourth-order valence-corrected chi connectivity index (χ4v) is 2.58. The van der Waals surface area contributed by atoms with Gasteiger partial charge in [-0.05, 0) is 79.9 Å². The van der Waals surface area contributed by atoms with Gasteiger partial charge < -0.3 is 10.1 Å². The Balaban J connectivity index is 2.84. The molecule has 0 aromatic heterocycles. The van der Waals surface area contributed by atoms with Crippen LogP contribution in [-0.2, 0) is 5.41 Å². The van der Waals surface area contributed by atoms with Crippen LogP contribution in [0, 0.1) is 3.57 Å². The Morgan fingerprint density at radius 1 is 1.16 bits per heavy atom. The standard InChI is InChI=1S/C16H26INO/c1-15(2,3)18-10-9-16(4,5)13-11-12(17)7-8-14(13)19-6/h7-8,11,18H,9-10H2,1-6H3. The van der Waals surface area contributed by atoms with Crippen molar-refractivity contribution in [3.8, 4) is 5.75 Å². The number of hydrogen-bond donors (Lipinski definition) is 1. The van der Waals surface area contributed by atoms with Crippen molar-refractivity contribution in [2.45, 2.75) is 52.0 Å². The molecule has 1 aromatic carbocycles. The molecule has 0 saturated carbocycles. The summed E-state index contributed by atoms with van der Waals surface area (Å²) in [5.41, 5.74) is 1.56. The molecule has 0 unspecified atom stereocenters. The Bertz CT molecular complexity index is 421. The maximum absolute atomic E-state index is 5.51. The number of hydrogen-bond acceptors (Lipinski definition) is 2. The van der Waals surface area contributed by atoms with Gasteiger partial charge in [-0.15, -0.1) is 0 Å². The first kappa shape index (κ1) is 16.8. The molecular formula is C16H26INO. The van der Waals surface area contributed by atoms with Crippen LogP contribution in [0.5, 0.6) is 5.75 Å². The molecule has 0 saturated heterocycles. The molecule has 0 radical (unpaired) electrons. The second-order valence-corrected chi connectivity index (χ2v) is 7.90. The van der Waals surface area contributed by atoms with Gasteiger partial charge in [-0.25, -0.2) is 0 Å². The number of methoxy groups -OCH3 is 1. The van der Waals surface area contributed by atoms with Gasteiger partial charge in [0.25, 0.3) is 0 Å². The van der Waals surface area contributed by atoms with E-state index in [1.807, 2.05) is 0 Å². The molecule has 0 bridgehead atoms. The number of rotatable bonds is 5. The number of ether oxygens (including phenoxy) is 1. The fourth-order valence-electron chi connectivity index (χ4n) is 2.09. The lowest BCUT2D eigenvalue weighted by molar-refractivity contribution is 0.360. The molecule has 3 heteroatoms. The average molecular weight is 375 g/mol. The highest BCUT2D eigenvalue weighted by atomic mass is 127. The van der Waals surface area contributed by atoms with Crippen molar-refractivity contribution in [3.63, 3.8) is 0 Å². The Morgan fingerprint density at radius 3 is 2.32 bits per heavy atom. The number of nitrogens with one attached hydrogen (secondary N) is 1. The molecule has 2 nitrogen and oxygen atoms in total. The summed E-state index contributed by atoms with van der Waals surface area (Å²) in [4.78, 5) is 0. The largest absolute Gasteiger partial charge is 0.496 e. The van der Waals surface area contributed by atoms with E-state index in [1.54, 1.807) is 7.11 Å². The maximum Gasteiger partial charge on any atom is 0.122 e. The first-order valence-corrected chi connectivity index (χ1v) is 7.83. The molecule has 0 heterocycles. The summed E-state index contributed by atoms with van der Waals surface area (Å²) in [6.45, 7) is 12.2. The van der Waals surface area contributed by atoms with Crippen molar-refractivity contribution in [2.24, 2.45) is 0 Å². The van der Waals surface area contributed by atoms with Crippen molar-refractivity contribution in [2.75, 3.05) is 13.7 Å². The summed E-state index contributed by atoms with van der Waals surface area (Å²) in [6.07, 6.45) is 1.08. The van der Waals surface area contributed by atoms with E-state index in [0.29, 0.717) is 0 Å². The highest BCUT2D eigenvalue weighted by Gasteiger charge is 2.25. The first-order valence-electron chi connectivity index (χ1n) is 6.75. The average Bonchev–Trinajstić information content (AvgIpc) is 2.27. The summed E-state index contributed by atoms with van der Waals surface area (Å²) in [5.74, 6) is 0.987. The molecule has 0 aliphatic rings. The molecular weight excluding hydrogens is 349 g/mol. The zero-order valence-electron chi connectivity index (χ0n) is 12.9. The van der Waals surface area contributed by atoms with Crippen LogP contribution >= 0.6 is 22.6 Å². The number of benzene rings is 1. The van der Waals surface area contributed by atoms with Crippen molar-refractivity contribution < 1.29 is 4.74 Å². The van der Waals surface area contributed by atoms with Crippen LogP contribution in [-0.4, -0.2) is 19.2 Å². The highest BCUT2D eigenvalue weighted by Crippen LogP contribution is 2.35. The quantitative estimate of drug-likeness (QED) is 0.773. The minimum atomic E-state index is 0.102. The molecule has 0 amide bonds. The van der Waals surface area contributed by atoms with Gasteiger partial charge in [0.1, 0.15) is 5.75 Å². The second-order valence-electron chi connectivity index (χ2n) is 6.66. The van der Waals surface area contributed by atoms with E-state index in [2.05, 4.69) is 80.7 Å². The summed E-state index contributed by atoms with van der Waals surface area (Å²) in [5, 5.41) is 3.56. The molecule has 0 spiro atoms. The van der Waals surface area contributed by atoms with Crippen molar-refractivity contribution in [3.05, 3.63) is 27.3 Å². The molecule has 0 aliphatic heterocycles. The predicted molar refractivity (Wildman–Crippen MR) is 91.1 cm³/mol. The van der Waals surface area contributed by atoms with Gasteiger partial charge >= 0.3 is 0 Å². The summed E-state index contributed by atoms with van der Waals surface area (Å²) < 4.78 is 6.77. The topological polar surface area (TPSA) is 21.3 Å². The third-order valence-corrected chi connectivity index (χ3v) is 3.97. The van der Waals surface area contributed by atoms with E-state index >= 15 is 0 Å². The lowest BCUT2D eigenvalue weighted by Gasteiger charge is -2.29. The molecule has 19 heavy (non-hydrogen) atoms. The normalized spacial score (nSPS) is 12.6. The van der Waals surface area contributed by atoms with E-state index < -0.39 is 0 Å². The van der Waals surface area contributed by atoms with Crippen LogP contribution in [0.25, 0.3) is 0 Å². The predicted octanol–water partition coefficient (Wildman–Crippen LogP) is 4.36. The van der Waals surface area contributed by atoms with Gasteiger partial charge in [0.05, 0.1) is 7.11 Å². The first-order chi connectivity index (χ1) is 8.65. The highest BCUT2D eigenvalue weighted by molar-refractivity contribution is 14.1. The van der Waals surface area contributed by atoms with Crippen molar-refractivity contribution >= 4 is 22.6 Å². The minimum Gasteiger partial charge on any atom is -0.496 e. The van der Waals surface area contributed by atoms with Crippen LogP contribution in [0.15, 0.2) is 18.2 Å². The molecule has 1 rings (SSSR count). The van der Waals surface area contributed by atoms with Crippen molar-refractivity contribution in [1.29, 1.82) is 0 Å². The van der Waals surface area contributed by atoms with Crippen LogP contribution in [0.2, 0.25) is 0 Å². The molecule has 0 aliphatic carbocycles. The van der Waals surface area contributed by atoms with E-state index in [0.717, 1.165) is 18.7 Å². The Morgan fingerprint density at radius 2 is 1.79 bits per heavy atom. The van der Waals surface area contributed by atoms with Gasteiger partial charge in [-0.1, -0.05) is 13.8 Å². The van der Waals surface area contributed by atoms with Gasteiger partial charge in [0.2, 0.25) is 0 Å². The molecule has 1 N–H and O–H groups in total. The lowest BCUT2D eigenvalue weighted by Crippen LogP contribution is -2.38. The Hall–Kier alpha value is -0.290. The monoisotopic (exact) mass is 375 g/mol. The molecule has 0 fully saturated rings. The summed E-state index contributed by atoms with van der Waals surface area (Å²) in [6, 6.07) is 6.39. The third kappa shape index (κ3) is 5.30. The van der Waals surface area contributed by atoms with E-state index in [1.165, 1.54) is 9.13 Å². The van der Waals surface area contributed by atoms with E-state index in [-0.39, 0.29) is 11.0 Å². The van der Waals surface area contributed by atoms with Gasteiger partial charge in [0.15, 0.2) is 0 Å². The third-order valence-electron chi connectivity index (χ3n) is 3.30. The maximum atomic E-state index is 5.51. The molecule has 1 aromatic rings. The van der Waals surface area contributed by atoms with Crippen LogP contribution in [0.3, 0.4) is 0 Å². The van der Waals surface area contributed by atoms with E-state index in [4.69, 9.17) is 4.74 Å². The Labute approximate surface area is 131 Å². The van der Waals surface area contributed by atoms with Gasteiger partial charge in [-0.2, -0.15) is 0 Å². The smallest absolute Gasteiger partial charge is 0.122 e. The van der Waals surface area contributed by atoms with Gasteiger partial charge in [0, 0.05) is 14.7 Å². The summed E-state index contributed by atoms with van der Waals surface area (Å²) in [7, 11) is 1.75. The van der Waals surface area contributed by atoms with E-state index in [9.17, 15) is 0 Å².